The standard InChI is InChI=1S/C15H22IN3O2/c1-9(2)6-11-13(16)15(20)18-14(17-11)12-7-19-5-3-4-10(19)8-21-12/h9-10,12H,3-8H2,1-2H3,(H,17,18,20). The highest BCUT2D eigenvalue weighted by atomic mass is 127. The summed E-state index contributed by atoms with van der Waals surface area (Å²) in [6, 6.07) is 0.562. The largest absolute Gasteiger partial charge is 0.367 e. The molecule has 0 spiro atoms. The third-order valence-electron chi connectivity index (χ3n) is 4.25. The molecule has 2 fully saturated rings. The Hall–Kier alpha value is -0.470. The number of morpholine rings is 1. The molecule has 0 saturated carbocycles. The number of rotatable bonds is 3. The fraction of sp³-hybridized carbons (Fsp3) is 0.733. The number of aromatic nitrogens is 2. The van der Waals surface area contributed by atoms with E-state index in [9.17, 15) is 4.79 Å². The molecule has 2 aliphatic rings. The van der Waals surface area contributed by atoms with Crippen LogP contribution in [-0.2, 0) is 11.2 Å². The maximum absolute atomic E-state index is 12.1. The van der Waals surface area contributed by atoms with Gasteiger partial charge in [-0.2, -0.15) is 0 Å². The van der Waals surface area contributed by atoms with Crippen molar-refractivity contribution in [2.24, 2.45) is 5.92 Å². The Balaban J connectivity index is 1.84. The van der Waals surface area contributed by atoms with E-state index < -0.39 is 0 Å². The lowest BCUT2D eigenvalue weighted by atomic mass is 10.1. The molecule has 116 valence electrons. The molecule has 2 atom stereocenters. The lowest BCUT2D eigenvalue weighted by molar-refractivity contribution is -0.0543. The van der Waals surface area contributed by atoms with Crippen LogP contribution >= 0.6 is 22.6 Å². The number of aromatic amines is 1. The summed E-state index contributed by atoms with van der Waals surface area (Å²) in [5.41, 5.74) is 0.861. The van der Waals surface area contributed by atoms with Crippen LogP contribution < -0.4 is 5.56 Å². The zero-order valence-corrected chi connectivity index (χ0v) is 14.7. The van der Waals surface area contributed by atoms with Gasteiger partial charge in [0.05, 0.1) is 15.9 Å². The van der Waals surface area contributed by atoms with Gasteiger partial charge in [-0.15, -0.1) is 0 Å². The van der Waals surface area contributed by atoms with Gasteiger partial charge in [0.1, 0.15) is 11.9 Å². The Morgan fingerprint density at radius 2 is 2.33 bits per heavy atom. The average Bonchev–Trinajstić information content (AvgIpc) is 2.90. The van der Waals surface area contributed by atoms with E-state index in [0.29, 0.717) is 21.4 Å². The van der Waals surface area contributed by atoms with Crippen molar-refractivity contribution < 1.29 is 4.74 Å². The van der Waals surface area contributed by atoms with Gasteiger partial charge in [0.25, 0.3) is 5.56 Å². The second-order valence-corrected chi connectivity index (χ2v) is 7.50. The number of nitrogens with zero attached hydrogens (tertiary/aromatic N) is 2. The molecule has 5 nitrogen and oxygen atoms in total. The first-order chi connectivity index (χ1) is 10.0. The van der Waals surface area contributed by atoms with Crippen molar-refractivity contribution in [3.8, 4) is 0 Å². The van der Waals surface area contributed by atoms with Crippen LogP contribution in [0.5, 0.6) is 0 Å². The molecule has 0 aromatic carbocycles. The summed E-state index contributed by atoms with van der Waals surface area (Å²) in [6.07, 6.45) is 3.20. The summed E-state index contributed by atoms with van der Waals surface area (Å²) in [7, 11) is 0. The lowest BCUT2D eigenvalue weighted by Crippen LogP contribution is -2.43. The molecule has 2 unspecified atom stereocenters. The van der Waals surface area contributed by atoms with Crippen LogP contribution in [0.2, 0.25) is 0 Å². The summed E-state index contributed by atoms with van der Waals surface area (Å²) in [5.74, 6) is 1.18. The summed E-state index contributed by atoms with van der Waals surface area (Å²) >= 11 is 2.09. The van der Waals surface area contributed by atoms with Crippen molar-refractivity contribution in [3.05, 3.63) is 25.4 Å². The summed E-state index contributed by atoms with van der Waals surface area (Å²) in [5, 5.41) is 0. The van der Waals surface area contributed by atoms with Gasteiger partial charge >= 0.3 is 0 Å². The summed E-state index contributed by atoms with van der Waals surface area (Å²) in [6.45, 7) is 7.02. The van der Waals surface area contributed by atoms with Crippen molar-refractivity contribution in [1.29, 1.82) is 0 Å². The van der Waals surface area contributed by atoms with E-state index in [-0.39, 0.29) is 11.7 Å². The van der Waals surface area contributed by atoms with Crippen molar-refractivity contribution >= 4 is 22.6 Å². The zero-order chi connectivity index (χ0) is 15.0. The maximum atomic E-state index is 12.1. The molecule has 3 heterocycles. The third-order valence-corrected chi connectivity index (χ3v) is 5.36. The van der Waals surface area contributed by atoms with Crippen LogP contribution in [0.25, 0.3) is 0 Å². The van der Waals surface area contributed by atoms with E-state index in [2.05, 4.69) is 46.3 Å². The first-order valence-electron chi connectivity index (χ1n) is 7.69. The Labute approximate surface area is 138 Å². The predicted octanol–water partition coefficient (Wildman–Crippen LogP) is 2.11. The number of nitrogens with one attached hydrogen (secondary N) is 1. The molecule has 6 heteroatoms. The summed E-state index contributed by atoms with van der Waals surface area (Å²) < 4.78 is 6.66. The molecule has 1 aromatic heterocycles. The number of hydrogen-bond acceptors (Lipinski definition) is 4. The molecular formula is C15H22IN3O2. The van der Waals surface area contributed by atoms with Crippen LogP contribution in [0.1, 0.15) is 44.3 Å². The number of H-pyrrole nitrogens is 1. The maximum Gasteiger partial charge on any atom is 0.264 e. The van der Waals surface area contributed by atoms with Gasteiger partial charge in [0, 0.05) is 12.6 Å². The van der Waals surface area contributed by atoms with E-state index in [1.54, 1.807) is 0 Å². The molecule has 1 aromatic rings. The Morgan fingerprint density at radius 3 is 3.10 bits per heavy atom. The number of hydrogen-bond donors (Lipinski definition) is 1. The molecule has 0 radical (unpaired) electrons. The fourth-order valence-electron chi connectivity index (χ4n) is 3.18. The van der Waals surface area contributed by atoms with Gasteiger partial charge in [-0.1, -0.05) is 13.8 Å². The number of fused-ring (bicyclic) bond motifs is 1. The number of halogens is 1. The van der Waals surface area contributed by atoms with Crippen LogP contribution in [0, 0.1) is 9.49 Å². The Morgan fingerprint density at radius 1 is 1.52 bits per heavy atom. The van der Waals surface area contributed by atoms with Gasteiger partial charge in [0.15, 0.2) is 0 Å². The van der Waals surface area contributed by atoms with Crippen molar-refractivity contribution in [2.45, 2.75) is 45.3 Å². The van der Waals surface area contributed by atoms with E-state index in [4.69, 9.17) is 9.72 Å². The van der Waals surface area contributed by atoms with Crippen molar-refractivity contribution in [2.75, 3.05) is 19.7 Å². The monoisotopic (exact) mass is 403 g/mol. The second kappa shape index (κ2) is 6.34. The minimum Gasteiger partial charge on any atom is -0.367 e. The molecule has 3 rings (SSSR count). The molecule has 2 aliphatic heterocycles. The lowest BCUT2D eigenvalue weighted by Gasteiger charge is -2.34. The van der Waals surface area contributed by atoms with Crippen molar-refractivity contribution in [1.82, 2.24) is 14.9 Å². The molecule has 0 bridgehead atoms. The molecule has 2 saturated heterocycles. The van der Waals surface area contributed by atoms with Gasteiger partial charge in [-0.05, 0) is 54.3 Å². The molecular weight excluding hydrogens is 381 g/mol. The van der Waals surface area contributed by atoms with E-state index >= 15 is 0 Å². The predicted molar refractivity (Wildman–Crippen MR) is 89.4 cm³/mol. The minimum atomic E-state index is -0.102. The topological polar surface area (TPSA) is 58.2 Å². The van der Waals surface area contributed by atoms with Gasteiger partial charge in [0.2, 0.25) is 0 Å². The van der Waals surface area contributed by atoms with E-state index in [0.717, 1.165) is 31.8 Å². The van der Waals surface area contributed by atoms with Crippen LogP contribution in [0.15, 0.2) is 4.79 Å². The smallest absolute Gasteiger partial charge is 0.264 e. The first-order valence-corrected chi connectivity index (χ1v) is 8.76. The highest BCUT2D eigenvalue weighted by Crippen LogP contribution is 2.28. The van der Waals surface area contributed by atoms with Crippen molar-refractivity contribution in [3.63, 3.8) is 0 Å². The van der Waals surface area contributed by atoms with Crippen LogP contribution in [-0.4, -0.2) is 40.6 Å². The highest BCUT2D eigenvalue weighted by Gasteiger charge is 2.34. The Kier molecular flexibility index (Phi) is 4.66. The number of ether oxygens (including phenoxy) is 1. The van der Waals surface area contributed by atoms with Gasteiger partial charge in [-0.25, -0.2) is 4.98 Å². The first kappa shape index (κ1) is 15.4. The molecule has 0 amide bonds. The van der Waals surface area contributed by atoms with Crippen LogP contribution in [0.4, 0.5) is 0 Å². The third kappa shape index (κ3) is 3.32. The highest BCUT2D eigenvalue weighted by molar-refractivity contribution is 14.1. The zero-order valence-electron chi connectivity index (χ0n) is 12.6. The minimum absolute atomic E-state index is 0.0385. The fourth-order valence-corrected chi connectivity index (χ4v) is 3.66. The summed E-state index contributed by atoms with van der Waals surface area (Å²) in [4.78, 5) is 22.2. The second-order valence-electron chi connectivity index (χ2n) is 6.42. The van der Waals surface area contributed by atoms with Gasteiger partial charge in [-0.3, -0.25) is 9.69 Å². The van der Waals surface area contributed by atoms with Gasteiger partial charge < -0.3 is 9.72 Å². The van der Waals surface area contributed by atoms with E-state index in [1.165, 1.54) is 12.8 Å². The normalized spacial score (nSPS) is 26.3. The quantitative estimate of drug-likeness (QED) is 0.786. The van der Waals surface area contributed by atoms with Crippen LogP contribution in [0.3, 0.4) is 0 Å². The molecule has 21 heavy (non-hydrogen) atoms. The Bertz CT molecular complexity index is 573. The SMILES string of the molecule is CC(C)Cc1nc(C2CN3CCCC3CO2)[nH]c(=O)c1I. The average molecular weight is 403 g/mol. The molecule has 1 N–H and O–H groups in total. The van der Waals surface area contributed by atoms with E-state index in [1.807, 2.05) is 0 Å². The molecule has 0 aliphatic carbocycles.